The predicted octanol–water partition coefficient (Wildman–Crippen LogP) is 2.40. The molecule has 7 N–H and O–H groups in total. The zero-order valence-corrected chi connectivity index (χ0v) is 28.9. The molecule has 11 nitrogen and oxygen atoms in total. The fraction of sp³-hybridized carbons (Fsp3) is 0.944. The zero-order chi connectivity index (χ0) is 34.7. The van der Waals surface area contributed by atoms with Crippen LogP contribution in [-0.2, 0) is 19.1 Å². The van der Waals surface area contributed by atoms with Gasteiger partial charge in [-0.15, -0.1) is 0 Å². The number of carboxylic acids is 1. The Balaban J connectivity index is 1.25. The lowest BCUT2D eigenvalue weighted by Crippen LogP contribution is -2.66. The van der Waals surface area contributed by atoms with Crippen LogP contribution in [0.4, 0.5) is 0 Å². The van der Waals surface area contributed by atoms with Crippen molar-refractivity contribution in [2.24, 2.45) is 50.7 Å². The summed E-state index contributed by atoms with van der Waals surface area (Å²) in [6.45, 7) is 11.3. The Morgan fingerprint density at radius 1 is 0.936 bits per heavy atom. The van der Waals surface area contributed by atoms with E-state index in [0.29, 0.717) is 30.6 Å². The quantitative estimate of drug-likeness (QED) is 0.179. The van der Waals surface area contributed by atoms with Crippen molar-refractivity contribution >= 4 is 11.8 Å². The van der Waals surface area contributed by atoms with E-state index in [2.05, 4.69) is 20.8 Å². The molecule has 5 aliphatic carbocycles. The SMILES string of the molecule is C[C@H](CCC(=O)C(C)(C)O)[C@H]1CC[C@@]2(C)[C@@H]3CC[C@H]4[C@](C)(C(=O)O)[C@@H](O[C@@H]5O[C@H](CO)[C@@H](O)[C@H](O)[C@H]5O)C[C@H](O)[C@@]45C[C@@]35CC[C@]12C. The van der Waals surface area contributed by atoms with E-state index in [0.717, 1.165) is 44.9 Å². The molecule has 0 aromatic heterocycles. The molecule has 0 unspecified atom stereocenters. The van der Waals surface area contributed by atoms with E-state index in [4.69, 9.17) is 9.47 Å². The number of carboxylic acid groups (broad SMARTS) is 1. The van der Waals surface area contributed by atoms with Crippen LogP contribution < -0.4 is 0 Å². The van der Waals surface area contributed by atoms with Gasteiger partial charge in [-0.3, -0.25) is 9.59 Å². The van der Waals surface area contributed by atoms with E-state index < -0.39 is 71.9 Å². The highest BCUT2D eigenvalue weighted by Crippen LogP contribution is 2.89. The van der Waals surface area contributed by atoms with Crippen LogP contribution in [0.5, 0.6) is 0 Å². The van der Waals surface area contributed by atoms with Gasteiger partial charge in [0.25, 0.3) is 0 Å². The lowest BCUT2D eigenvalue weighted by Gasteiger charge is -2.64. The molecule has 1 heterocycles. The summed E-state index contributed by atoms with van der Waals surface area (Å²) in [5.74, 6) is -0.453. The van der Waals surface area contributed by atoms with Crippen molar-refractivity contribution in [3.8, 4) is 0 Å². The number of hydrogen-bond acceptors (Lipinski definition) is 10. The first-order valence-electron chi connectivity index (χ1n) is 17.9. The fourth-order valence-corrected chi connectivity index (χ4v) is 12.7. The Bertz CT molecular complexity index is 1250. The summed E-state index contributed by atoms with van der Waals surface area (Å²) in [4.78, 5) is 25.8. The second-order valence-electron chi connectivity index (χ2n) is 17.7. The first kappa shape index (κ1) is 35.6. The first-order valence-corrected chi connectivity index (χ1v) is 17.9. The van der Waals surface area contributed by atoms with Crippen LogP contribution >= 0.6 is 0 Å². The smallest absolute Gasteiger partial charge is 0.312 e. The molecule has 268 valence electrons. The lowest BCUT2D eigenvalue weighted by molar-refractivity contribution is -0.330. The van der Waals surface area contributed by atoms with Crippen molar-refractivity contribution in [3.05, 3.63) is 0 Å². The van der Waals surface area contributed by atoms with Crippen LogP contribution in [0.1, 0.15) is 106 Å². The molecule has 47 heavy (non-hydrogen) atoms. The normalized spacial score (nSPS) is 52.9. The number of aliphatic hydroxyl groups is 6. The number of aliphatic hydroxyl groups excluding tert-OH is 5. The van der Waals surface area contributed by atoms with Crippen LogP contribution in [0.15, 0.2) is 0 Å². The second kappa shape index (κ2) is 11.4. The van der Waals surface area contributed by atoms with Gasteiger partial charge < -0.3 is 45.2 Å². The minimum atomic E-state index is -1.66. The molecule has 6 rings (SSSR count). The minimum Gasteiger partial charge on any atom is -0.481 e. The Morgan fingerprint density at radius 2 is 1.60 bits per heavy atom. The third-order valence-corrected chi connectivity index (χ3v) is 15.6. The molecule has 2 spiro atoms. The molecule has 6 fully saturated rings. The maximum absolute atomic E-state index is 13.3. The number of carbonyl (C=O) groups is 2. The molecular weight excluding hydrogens is 608 g/mol. The average Bonchev–Trinajstić information content (AvgIpc) is 3.62. The monoisotopic (exact) mass is 666 g/mol. The third-order valence-electron chi connectivity index (χ3n) is 15.6. The van der Waals surface area contributed by atoms with Gasteiger partial charge in [-0.05, 0) is 112 Å². The summed E-state index contributed by atoms with van der Waals surface area (Å²) in [6.07, 6.45) is -2.01. The maximum Gasteiger partial charge on any atom is 0.312 e. The van der Waals surface area contributed by atoms with Crippen LogP contribution in [-0.4, -0.2) is 103 Å². The standard InChI is InChI=1S/C36H58O11/c1-18(7-10-23(38)31(2,3)45)19-11-12-33(5)21-8-9-22-34(6,30(43)44)25(47-29-28(42)27(41)26(40)20(16-37)46-29)15-24(39)36(22)17-35(21,36)14-13-32(19,33)4/h18-22,24-29,37,39-42,45H,7-17H2,1-6H3,(H,43,44)/t18-,19-,20-,21+,22+,24+,25+,26-,27+,28-,29+,32-,33+,34+,35+,36-/m1/s1. The summed E-state index contributed by atoms with van der Waals surface area (Å²) in [5, 5.41) is 74.0. The molecule has 1 aliphatic heterocycles. The van der Waals surface area contributed by atoms with Gasteiger partial charge in [0.05, 0.1) is 24.2 Å². The first-order chi connectivity index (χ1) is 21.8. The number of ether oxygens (including phenoxy) is 2. The summed E-state index contributed by atoms with van der Waals surface area (Å²) >= 11 is 0. The predicted molar refractivity (Wildman–Crippen MR) is 169 cm³/mol. The molecule has 0 amide bonds. The minimum absolute atomic E-state index is 0.00191. The van der Waals surface area contributed by atoms with Gasteiger partial charge in [0.15, 0.2) is 12.1 Å². The number of aliphatic carboxylic acids is 1. The zero-order valence-electron chi connectivity index (χ0n) is 28.9. The molecule has 0 aromatic carbocycles. The van der Waals surface area contributed by atoms with Gasteiger partial charge >= 0.3 is 5.97 Å². The van der Waals surface area contributed by atoms with Gasteiger partial charge in [-0.1, -0.05) is 20.8 Å². The summed E-state index contributed by atoms with van der Waals surface area (Å²) in [6, 6.07) is 0. The van der Waals surface area contributed by atoms with Crippen molar-refractivity contribution in [2.45, 2.75) is 154 Å². The number of hydrogen-bond donors (Lipinski definition) is 7. The van der Waals surface area contributed by atoms with Gasteiger partial charge in [0.2, 0.25) is 0 Å². The van der Waals surface area contributed by atoms with E-state index in [1.54, 1.807) is 20.8 Å². The van der Waals surface area contributed by atoms with Gasteiger partial charge in [0, 0.05) is 18.3 Å². The number of ketones is 1. The van der Waals surface area contributed by atoms with E-state index in [1.165, 1.54) is 0 Å². The summed E-state index contributed by atoms with van der Waals surface area (Å²) in [7, 11) is 0. The Hall–Kier alpha value is -1.18. The van der Waals surface area contributed by atoms with Crippen LogP contribution in [0.3, 0.4) is 0 Å². The molecule has 16 atom stereocenters. The van der Waals surface area contributed by atoms with Crippen LogP contribution in [0, 0.1) is 50.7 Å². The molecule has 0 radical (unpaired) electrons. The summed E-state index contributed by atoms with van der Waals surface area (Å²) < 4.78 is 11.8. The second-order valence-corrected chi connectivity index (χ2v) is 17.7. The number of rotatable bonds is 9. The molecule has 0 bridgehead atoms. The van der Waals surface area contributed by atoms with E-state index in [1.807, 2.05) is 0 Å². The molecule has 1 saturated heterocycles. The van der Waals surface area contributed by atoms with Crippen molar-refractivity contribution < 1.29 is 54.8 Å². The highest BCUT2D eigenvalue weighted by atomic mass is 16.7. The molecule has 0 aromatic rings. The average molecular weight is 667 g/mol. The topological polar surface area (TPSA) is 194 Å². The van der Waals surface area contributed by atoms with Gasteiger partial charge in [0.1, 0.15) is 30.0 Å². The largest absolute Gasteiger partial charge is 0.481 e. The number of fused-ring (bicyclic) bond motifs is 2. The summed E-state index contributed by atoms with van der Waals surface area (Å²) in [5.41, 5.74) is -3.43. The number of carbonyl (C=O) groups excluding carboxylic acids is 1. The van der Waals surface area contributed by atoms with E-state index >= 15 is 0 Å². The Kier molecular flexibility index (Phi) is 8.66. The molecular formula is C36H58O11. The van der Waals surface area contributed by atoms with Crippen molar-refractivity contribution in [1.82, 2.24) is 0 Å². The number of Topliss-reactive ketones (excluding diaryl/α,β-unsaturated/α-hetero) is 1. The third kappa shape index (κ3) is 4.73. The van der Waals surface area contributed by atoms with Crippen molar-refractivity contribution in [2.75, 3.05) is 6.61 Å². The molecule has 6 aliphatic rings. The van der Waals surface area contributed by atoms with Gasteiger partial charge in [-0.2, -0.15) is 0 Å². The highest BCUT2D eigenvalue weighted by Gasteiger charge is 2.86. The Labute approximate surface area is 278 Å². The maximum atomic E-state index is 13.3. The molecule has 11 heteroatoms. The molecule has 5 saturated carbocycles. The van der Waals surface area contributed by atoms with Crippen molar-refractivity contribution in [3.63, 3.8) is 0 Å². The Morgan fingerprint density at radius 3 is 2.21 bits per heavy atom. The highest BCUT2D eigenvalue weighted by molar-refractivity contribution is 5.86. The van der Waals surface area contributed by atoms with Crippen LogP contribution in [0.25, 0.3) is 0 Å². The van der Waals surface area contributed by atoms with Crippen molar-refractivity contribution in [1.29, 1.82) is 0 Å². The van der Waals surface area contributed by atoms with Crippen LogP contribution in [0.2, 0.25) is 0 Å². The van der Waals surface area contributed by atoms with E-state index in [-0.39, 0.29) is 34.4 Å². The van der Waals surface area contributed by atoms with Gasteiger partial charge in [-0.25, -0.2) is 0 Å². The lowest BCUT2D eigenvalue weighted by atomic mass is 9.41. The fourth-order valence-electron chi connectivity index (χ4n) is 12.7. The van der Waals surface area contributed by atoms with E-state index in [9.17, 15) is 45.3 Å².